The smallest absolute Gasteiger partial charge is 0.338 e. The summed E-state index contributed by atoms with van der Waals surface area (Å²) in [6.45, 7) is 10.1. The Labute approximate surface area is 263 Å². The monoisotopic (exact) mass is 626 g/mol. The zero-order chi connectivity index (χ0) is 31.1. The van der Waals surface area contributed by atoms with E-state index in [1.807, 2.05) is 51.1 Å². The van der Waals surface area contributed by atoms with Gasteiger partial charge in [-0.2, -0.15) is 5.26 Å². The van der Waals surface area contributed by atoms with E-state index in [0.717, 1.165) is 53.2 Å². The van der Waals surface area contributed by atoms with Gasteiger partial charge in [0.1, 0.15) is 22.9 Å². The molecule has 0 fully saturated rings. The van der Waals surface area contributed by atoms with Crippen LogP contribution < -0.4 is 19.6 Å². The van der Waals surface area contributed by atoms with Gasteiger partial charge in [0, 0.05) is 21.8 Å². The standard InChI is InChI=1S/C34H34N4O4S2/c1-6-41-26-14-10-8-13-24(26)30-29(33(40)42-7-2)20(4)36-34-38(30)31(39)28(44-34)17-22-16-19(3)37(21(22)5)32-25(18-35)23-12-9-11-15-27(23)43-32/h8,10,13-14,16-17,30H,6-7,9,11-12,15H2,1-5H3/b28-17-/t30-/m1/s1. The molecule has 226 valence electrons. The van der Waals surface area contributed by atoms with Gasteiger partial charge in [-0.3, -0.25) is 9.36 Å². The van der Waals surface area contributed by atoms with Crippen molar-refractivity contribution in [3.8, 4) is 16.8 Å². The van der Waals surface area contributed by atoms with Gasteiger partial charge in [-0.1, -0.05) is 29.5 Å². The van der Waals surface area contributed by atoms with Gasteiger partial charge in [0.25, 0.3) is 5.56 Å². The topological polar surface area (TPSA) is 98.6 Å². The van der Waals surface area contributed by atoms with Crippen LogP contribution in [-0.2, 0) is 22.4 Å². The van der Waals surface area contributed by atoms with Gasteiger partial charge in [-0.05, 0) is 89.6 Å². The first kappa shape index (κ1) is 29.9. The fourth-order valence-electron chi connectivity index (χ4n) is 6.29. The highest BCUT2D eigenvalue weighted by atomic mass is 32.1. The van der Waals surface area contributed by atoms with Gasteiger partial charge in [0.2, 0.25) is 0 Å². The van der Waals surface area contributed by atoms with E-state index in [-0.39, 0.29) is 12.2 Å². The van der Waals surface area contributed by atoms with Crippen LogP contribution in [-0.4, -0.2) is 28.3 Å². The Kier molecular flexibility index (Phi) is 8.18. The van der Waals surface area contributed by atoms with E-state index in [1.165, 1.54) is 21.8 Å². The first-order valence-electron chi connectivity index (χ1n) is 14.9. The van der Waals surface area contributed by atoms with Crippen molar-refractivity contribution in [1.82, 2.24) is 9.13 Å². The van der Waals surface area contributed by atoms with Crippen LogP contribution in [0.5, 0.6) is 5.75 Å². The van der Waals surface area contributed by atoms with Crippen LogP contribution in [0.3, 0.4) is 0 Å². The lowest BCUT2D eigenvalue weighted by Gasteiger charge is -2.26. The number of rotatable bonds is 7. The molecule has 1 aliphatic carbocycles. The number of ether oxygens (including phenoxy) is 2. The average Bonchev–Trinajstić information content (AvgIpc) is 3.62. The molecule has 3 aromatic heterocycles. The van der Waals surface area contributed by atoms with Crippen molar-refractivity contribution in [1.29, 1.82) is 5.26 Å². The summed E-state index contributed by atoms with van der Waals surface area (Å²) in [6, 6.07) is 11.3. The van der Waals surface area contributed by atoms with Crippen LogP contribution in [0.4, 0.5) is 0 Å². The molecular weight excluding hydrogens is 593 g/mol. The summed E-state index contributed by atoms with van der Waals surface area (Å²) in [7, 11) is 0. The molecular formula is C34H34N4O4S2. The maximum absolute atomic E-state index is 14.2. The van der Waals surface area contributed by atoms with Crippen molar-refractivity contribution in [2.75, 3.05) is 13.2 Å². The number of esters is 1. The maximum Gasteiger partial charge on any atom is 0.338 e. The lowest BCUT2D eigenvalue weighted by atomic mass is 9.95. The molecule has 2 aliphatic rings. The molecule has 1 aliphatic heterocycles. The SMILES string of the molecule is CCOC(=O)C1=C(C)N=c2s/c(=C\c3cc(C)n(-c4sc5c(c4C#N)CCCC5)c3C)c(=O)n2[C@@H]1c1ccccc1OCC. The van der Waals surface area contributed by atoms with Gasteiger partial charge < -0.3 is 14.0 Å². The Morgan fingerprint density at radius 1 is 1.14 bits per heavy atom. The summed E-state index contributed by atoms with van der Waals surface area (Å²) >= 11 is 3.01. The van der Waals surface area contributed by atoms with Crippen molar-refractivity contribution in [3.05, 3.63) is 99.8 Å². The number of nitrogens with zero attached hydrogens (tertiary/aromatic N) is 4. The van der Waals surface area contributed by atoms with Gasteiger partial charge in [0.15, 0.2) is 4.80 Å². The molecule has 0 amide bonds. The molecule has 4 aromatic rings. The highest BCUT2D eigenvalue weighted by Gasteiger charge is 2.35. The zero-order valence-corrected chi connectivity index (χ0v) is 27.2. The molecule has 0 bridgehead atoms. The maximum atomic E-state index is 14.2. The number of nitriles is 1. The Hall–Kier alpha value is -4.20. The minimum Gasteiger partial charge on any atom is -0.494 e. The third-order valence-electron chi connectivity index (χ3n) is 8.25. The van der Waals surface area contributed by atoms with Gasteiger partial charge >= 0.3 is 5.97 Å². The average molecular weight is 627 g/mol. The fourth-order valence-corrected chi connectivity index (χ4v) is 8.78. The molecule has 0 spiro atoms. The lowest BCUT2D eigenvalue weighted by molar-refractivity contribution is -0.139. The van der Waals surface area contributed by atoms with E-state index in [0.29, 0.717) is 38.5 Å². The molecule has 0 radical (unpaired) electrons. The number of thiophene rings is 1. The molecule has 6 rings (SSSR count). The van der Waals surface area contributed by atoms with E-state index < -0.39 is 12.0 Å². The molecule has 0 saturated heterocycles. The van der Waals surface area contributed by atoms with E-state index in [1.54, 1.807) is 29.8 Å². The zero-order valence-electron chi connectivity index (χ0n) is 25.5. The van der Waals surface area contributed by atoms with Crippen LogP contribution >= 0.6 is 22.7 Å². The molecule has 0 saturated carbocycles. The number of thiazole rings is 1. The van der Waals surface area contributed by atoms with Crippen LogP contribution in [0, 0.1) is 25.2 Å². The molecule has 1 aromatic carbocycles. The molecule has 44 heavy (non-hydrogen) atoms. The number of para-hydroxylation sites is 1. The minimum atomic E-state index is -0.752. The van der Waals surface area contributed by atoms with Gasteiger partial charge in [-0.25, -0.2) is 9.79 Å². The van der Waals surface area contributed by atoms with Crippen LogP contribution in [0.2, 0.25) is 0 Å². The Morgan fingerprint density at radius 2 is 1.91 bits per heavy atom. The van der Waals surface area contributed by atoms with E-state index in [2.05, 4.69) is 16.7 Å². The Morgan fingerprint density at radius 3 is 2.66 bits per heavy atom. The summed E-state index contributed by atoms with van der Waals surface area (Å²) in [5, 5.41) is 11.1. The number of hydrogen-bond acceptors (Lipinski definition) is 8. The molecule has 4 heterocycles. The number of fused-ring (bicyclic) bond motifs is 2. The van der Waals surface area contributed by atoms with Crippen molar-refractivity contribution < 1.29 is 14.3 Å². The number of aryl methyl sites for hydroxylation is 2. The van der Waals surface area contributed by atoms with Crippen LogP contribution in [0.15, 0.2) is 51.4 Å². The summed E-state index contributed by atoms with van der Waals surface area (Å²) in [6.07, 6.45) is 6.13. The van der Waals surface area contributed by atoms with Gasteiger partial charge in [-0.15, -0.1) is 11.3 Å². The Bertz CT molecular complexity index is 2050. The molecule has 1 atom stereocenters. The highest BCUT2D eigenvalue weighted by Crippen LogP contribution is 2.39. The number of hydrogen-bond donors (Lipinski definition) is 0. The molecule has 0 N–H and O–H groups in total. The van der Waals surface area contributed by atoms with Crippen molar-refractivity contribution >= 4 is 34.7 Å². The predicted octanol–water partition coefficient (Wildman–Crippen LogP) is 5.42. The van der Waals surface area contributed by atoms with Crippen molar-refractivity contribution in [2.24, 2.45) is 4.99 Å². The van der Waals surface area contributed by atoms with Gasteiger partial charge in [0.05, 0.1) is 34.6 Å². The summed E-state index contributed by atoms with van der Waals surface area (Å²) < 4.78 is 15.6. The van der Waals surface area contributed by atoms with Crippen LogP contribution in [0.1, 0.15) is 78.2 Å². The second kappa shape index (κ2) is 12.1. The van der Waals surface area contributed by atoms with Crippen molar-refractivity contribution in [3.63, 3.8) is 0 Å². The first-order valence-corrected chi connectivity index (χ1v) is 16.6. The Balaban J connectivity index is 1.52. The number of allylic oxidation sites excluding steroid dienone is 1. The van der Waals surface area contributed by atoms with E-state index >= 15 is 0 Å². The third-order valence-corrected chi connectivity index (χ3v) is 10.5. The lowest BCUT2D eigenvalue weighted by Crippen LogP contribution is -2.40. The fraction of sp³-hybridized carbons (Fsp3) is 0.353. The third kappa shape index (κ3) is 4.94. The number of carbonyl (C=O) groups is 1. The summed E-state index contributed by atoms with van der Waals surface area (Å²) in [5.74, 6) is 0.0939. The number of aromatic nitrogens is 2. The molecule has 10 heteroatoms. The quantitative estimate of drug-likeness (QED) is 0.255. The van der Waals surface area contributed by atoms with E-state index in [9.17, 15) is 14.9 Å². The highest BCUT2D eigenvalue weighted by molar-refractivity contribution is 7.15. The normalized spacial score (nSPS) is 16.3. The minimum absolute atomic E-state index is 0.205. The number of carbonyl (C=O) groups excluding carboxylic acids is 1. The summed E-state index contributed by atoms with van der Waals surface area (Å²) in [5.41, 5.74) is 6.12. The van der Waals surface area contributed by atoms with E-state index in [4.69, 9.17) is 14.5 Å². The second-order valence-corrected chi connectivity index (χ2v) is 13.0. The van der Waals surface area contributed by atoms with Crippen LogP contribution in [0.25, 0.3) is 11.1 Å². The molecule has 8 nitrogen and oxygen atoms in total. The summed E-state index contributed by atoms with van der Waals surface area (Å²) in [4.78, 5) is 34.1. The largest absolute Gasteiger partial charge is 0.494 e. The number of benzene rings is 1. The second-order valence-electron chi connectivity index (χ2n) is 10.9. The molecule has 0 unspecified atom stereocenters. The predicted molar refractivity (Wildman–Crippen MR) is 172 cm³/mol. The van der Waals surface area contributed by atoms with Crippen molar-refractivity contribution in [2.45, 2.75) is 66.3 Å². The first-order chi connectivity index (χ1) is 21.3.